The van der Waals surface area contributed by atoms with E-state index in [0.717, 1.165) is 5.56 Å². The molecule has 1 atom stereocenters. The molecule has 0 fully saturated rings. The molecular formula is C18H18N2O4S. The van der Waals surface area contributed by atoms with E-state index in [9.17, 15) is 9.59 Å². The number of fused-ring (bicyclic) bond motifs is 1. The molecule has 0 radical (unpaired) electrons. The van der Waals surface area contributed by atoms with Gasteiger partial charge in [0.15, 0.2) is 5.17 Å². The number of nitrogens with zero attached hydrogens (tertiary/aromatic N) is 2. The van der Waals surface area contributed by atoms with E-state index in [0.29, 0.717) is 27.0 Å². The normalized spacial score (nSPS) is 19.6. The zero-order valence-electron chi connectivity index (χ0n) is 14.4. The first kappa shape index (κ1) is 17.3. The standard InChI is InChI=1S/C18H18N2O4S/c1-10-13(16(21)23-3)14(12-8-6-5-7-9-12)20-11(2)15(17(22)24-4)25-18(20)19-10/h5-9,14H,1-4H3. The lowest BCUT2D eigenvalue weighted by atomic mass is 9.94. The van der Waals surface area contributed by atoms with Crippen LogP contribution in [0.4, 0.5) is 0 Å². The SMILES string of the molecule is COC(=O)C1=C(C)N2C(=NC(C)=C(C(=O)OC)C2c2ccccc2)S1. The van der Waals surface area contributed by atoms with Crippen LogP contribution in [0.5, 0.6) is 0 Å². The van der Waals surface area contributed by atoms with Crippen LogP contribution in [0.3, 0.4) is 0 Å². The maximum atomic E-state index is 12.4. The molecule has 0 aromatic heterocycles. The number of carbonyl (C=O) groups excluding carboxylic acids is 2. The number of allylic oxidation sites excluding steroid dienone is 2. The Morgan fingerprint density at radius 2 is 1.72 bits per heavy atom. The summed E-state index contributed by atoms with van der Waals surface area (Å²) in [5, 5.41) is 0.650. The molecule has 0 spiro atoms. The quantitative estimate of drug-likeness (QED) is 0.774. The highest BCUT2D eigenvalue weighted by Gasteiger charge is 2.43. The van der Waals surface area contributed by atoms with Crippen LogP contribution in [0.15, 0.2) is 57.2 Å². The highest BCUT2D eigenvalue weighted by molar-refractivity contribution is 8.18. The van der Waals surface area contributed by atoms with Gasteiger partial charge >= 0.3 is 11.9 Å². The number of ether oxygens (including phenoxy) is 2. The van der Waals surface area contributed by atoms with E-state index in [1.165, 1.54) is 26.0 Å². The van der Waals surface area contributed by atoms with Crippen molar-refractivity contribution in [3.63, 3.8) is 0 Å². The van der Waals surface area contributed by atoms with Crippen LogP contribution >= 0.6 is 11.8 Å². The van der Waals surface area contributed by atoms with Crippen LogP contribution < -0.4 is 0 Å². The summed E-state index contributed by atoms with van der Waals surface area (Å²) >= 11 is 1.25. The molecule has 2 aliphatic rings. The van der Waals surface area contributed by atoms with Gasteiger partial charge in [-0.05, 0) is 31.2 Å². The molecule has 1 aromatic carbocycles. The number of esters is 2. The topological polar surface area (TPSA) is 68.2 Å². The number of hydrogen-bond donors (Lipinski definition) is 0. The highest BCUT2D eigenvalue weighted by atomic mass is 32.2. The largest absolute Gasteiger partial charge is 0.466 e. The molecule has 6 nitrogen and oxygen atoms in total. The van der Waals surface area contributed by atoms with Crippen LogP contribution in [0, 0.1) is 0 Å². The molecular weight excluding hydrogens is 340 g/mol. The molecule has 1 aromatic rings. The Morgan fingerprint density at radius 1 is 1.08 bits per heavy atom. The van der Waals surface area contributed by atoms with Crippen LogP contribution in [0.1, 0.15) is 25.5 Å². The van der Waals surface area contributed by atoms with E-state index in [4.69, 9.17) is 9.47 Å². The zero-order chi connectivity index (χ0) is 18.1. The molecule has 25 heavy (non-hydrogen) atoms. The second-order valence-corrected chi connectivity index (χ2v) is 6.55. The average molecular weight is 358 g/mol. The van der Waals surface area contributed by atoms with E-state index in [-0.39, 0.29) is 0 Å². The minimum absolute atomic E-state index is 0.407. The van der Waals surface area contributed by atoms with E-state index in [1.807, 2.05) is 42.2 Å². The number of rotatable bonds is 3. The highest BCUT2D eigenvalue weighted by Crippen LogP contribution is 2.46. The van der Waals surface area contributed by atoms with E-state index >= 15 is 0 Å². The van der Waals surface area contributed by atoms with Crippen molar-refractivity contribution in [2.75, 3.05) is 14.2 Å². The first-order valence-corrected chi connectivity index (χ1v) is 8.50. The predicted octanol–water partition coefficient (Wildman–Crippen LogP) is 3.00. The van der Waals surface area contributed by atoms with Crippen molar-refractivity contribution in [3.8, 4) is 0 Å². The number of thioether (sulfide) groups is 1. The van der Waals surface area contributed by atoms with Crippen LogP contribution in [-0.2, 0) is 19.1 Å². The Bertz CT molecular complexity index is 827. The van der Waals surface area contributed by atoms with Crippen molar-refractivity contribution < 1.29 is 19.1 Å². The van der Waals surface area contributed by atoms with E-state index in [1.54, 1.807) is 6.92 Å². The number of methoxy groups -OCH3 is 2. The van der Waals surface area contributed by atoms with Crippen molar-refractivity contribution in [1.29, 1.82) is 0 Å². The fourth-order valence-corrected chi connectivity index (χ4v) is 4.10. The molecule has 0 bridgehead atoms. The zero-order valence-corrected chi connectivity index (χ0v) is 15.2. The number of carbonyl (C=O) groups is 2. The molecule has 7 heteroatoms. The van der Waals surface area contributed by atoms with Gasteiger partial charge in [-0.15, -0.1) is 0 Å². The van der Waals surface area contributed by atoms with Gasteiger partial charge in [0.25, 0.3) is 0 Å². The summed E-state index contributed by atoms with van der Waals surface area (Å²) in [6, 6.07) is 9.21. The Labute approximate surface area is 150 Å². The minimum atomic E-state index is -0.432. The monoisotopic (exact) mass is 358 g/mol. The minimum Gasteiger partial charge on any atom is -0.466 e. The molecule has 130 valence electrons. The maximum absolute atomic E-state index is 12.4. The average Bonchev–Trinajstić information content (AvgIpc) is 2.96. The number of amidine groups is 1. The Kier molecular flexibility index (Phi) is 4.67. The van der Waals surface area contributed by atoms with Gasteiger partial charge in [0.2, 0.25) is 0 Å². The lowest BCUT2D eigenvalue weighted by Crippen LogP contribution is -2.35. The van der Waals surface area contributed by atoms with Gasteiger partial charge in [-0.2, -0.15) is 0 Å². The lowest BCUT2D eigenvalue weighted by Gasteiger charge is -2.35. The smallest absolute Gasteiger partial charge is 0.346 e. The van der Waals surface area contributed by atoms with Gasteiger partial charge < -0.3 is 14.4 Å². The molecule has 0 saturated heterocycles. The molecule has 2 heterocycles. The predicted molar refractivity (Wildman–Crippen MR) is 95.5 cm³/mol. The fraction of sp³-hybridized carbons (Fsp3) is 0.278. The maximum Gasteiger partial charge on any atom is 0.346 e. The summed E-state index contributed by atoms with van der Waals surface area (Å²) in [6.07, 6.45) is 0. The van der Waals surface area contributed by atoms with Gasteiger partial charge in [0, 0.05) is 5.70 Å². The summed E-state index contributed by atoms with van der Waals surface area (Å²) in [6.45, 7) is 3.60. The van der Waals surface area contributed by atoms with Crippen molar-refractivity contribution in [1.82, 2.24) is 4.90 Å². The molecule has 1 unspecified atom stereocenters. The molecule has 0 saturated carbocycles. The lowest BCUT2D eigenvalue weighted by molar-refractivity contribution is -0.137. The first-order valence-electron chi connectivity index (χ1n) is 7.68. The molecule has 3 rings (SSSR count). The summed E-state index contributed by atoms with van der Waals surface area (Å²) in [5.41, 5.74) is 2.67. The Balaban J connectivity index is 2.18. The van der Waals surface area contributed by atoms with Crippen molar-refractivity contribution >= 4 is 28.9 Å². The van der Waals surface area contributed by atoms with Gasteiger partial charge in [0.05, 0.1) is 31.5 Å². The van der Waals surface area contributed by atoms with Gasteiger partial charge in [-0.25, -0.2) is 14.6 Å². The van der Waals surface area contributed by atoms with Crippen LogP contribution in [0.25, 0.3) is 0 Å². The third kappa shape index (κ3) is 2.84. The Morgan fingerprint density at radius 3 is 2.32 bits per heavy atom. The molecule has 0 aliphatic carbocycles. The third-order valence-corrected chi connectivity index (χ3v) is 5.30. The number of benzene rings is 1. The van der Waals surface area contributed by atoms with Crippen molar-refractivity contribution in [2.45, 2.75) is 19.9 Å². The summed E-state index contributed by atoms with van der Waals surface area (Å²) in [5.74, 6) is -0.845. The molecule has 2 aliphatic heterocycles. The van der Waals surface area contributed by atoms with Gasteiger partial charge in [0.1, 0.15) is 4.91 Å². The summed E-state index contributed by atoms with van der Waals surface area (Å²) in [7, 11) is 2.70. The van der Waals surface area contributed by atoms with Crippen LogP contribution in [0.2, 0.25) is 0 Å². The number of hydrogen-bond acceptors (Lipinski definition) is 7. The second-order valence-electron chi connectivity index (χ2n) is 5.58. The Hall–Kier alpha value is -2.54. The van der Waals surface area contributed by atoms with Crippen molar-refractivity contribution in [3.05, 3.63) is 57.8 Å². The van der Waals surface area contributed by atoms with Gasteiger partial charge in [-0.1, -0.05) is 30.3 Å². The van der Waals surface area contributed by atoms with E-state index in [2.05, 4.69) is 4.99 Å². The third-order valence-electron chi connectivity index (χ3n) is 4.17. The first-order chi connectivity index (χ1) is 12.0. The van der Waals surface area contributed by atoms with Crippen LogP contribution in [-0.4, -0.2) is 36.2 Å². The number of aliphatic imine (C=N–C) groups is 1. The molecule has 0 amide bonds. The summed E-state index contributed by atoms with van der Waals surface area (Å²) < 4.78 is 9.85. The summed E-state index contributed by atoms with van der Waals surface area (Å²) in [4.78, 5) is 31.4. The second kappa shape index (κ2) is 6.76. The molecule has 0 N–H and O–H groups in total. The fourth-order valence-electron chi connectivity index (χ4n) is 2.98. The van der Waals surface area contributed by atoms with Gasteiger partial charge in [-0.3, -0.25) is 0 Å². The van der Waals surface area contributed by atoms with E-state index < -0.39 is 18.0 Å². The van der Waals surface area contributed by atoms with Crippen molar-refractivity contribution in [2.24, 2.45) is 4.99 Å².